The maximum Gasteiger partial charge on any atom is 0.237 e. The third kappa shape index (κ3) is 2.21. The van der Waals surface area contributed by atoms with Crippen LogP contribution in [0.25, 0.3) is 0 Å². The van der Waals surface area contributed by atoms with Crippen molar-refractivity contribution in [3.63, 3.8) is 0 Å². The molecule has 23 heavy (non-hydrogen) atoms. The number of ether oxygens (including phenoxy) is 3. The van der Waals surface area contributed by atoms with Gasteiger partial charge in [0.15, 0.2) is 5.75 Å². The molecule has 0 saturated heterocycles. The average molecular weight is 388 g/mol. The molecule has 0 amide bonds. The van der Waals surface area contributed by atoms with Crippen LogP contribution in [-0.4, -0.2) is 42.2 Å². The van der Waals surface area contributed by atoms with Crippen LogP contribution in [0.5, 0.6) is 5.75 Å². The van der Waals surface area contributed by atoms with E-state index in [1.54, 1.807) is 20.4 Å². The molecule has 3 rings (SSSR count). The van der Waals surface area contributed by atoms with Gasteiger partial charge in [-0.1, -0.05) is 12.8 Å². The topological polar surface area (TPSA) is 69.9 Å². The van der Waals surface area contributed by atoms with Gasteiger partial charge in [0.2, 0.25) is 5.43 Å². The summed E-state index contributed by atoms with van der Waals surface area (Å²) in [7, 11) is 4.64. The van der Waals surface area contributed by atoms with Gasteiger partial charge < -0.3 is 23.9 Å². The highest BCUT2D eigenvalue weighted by atomic mass is 79.9. The van der Waals surface area contributed by atoms with Crippen molar-refractivity contribution >= 4 is 15.9 Å². The molecule has 0 radical (unpaired) electrons. The Balaban J connectivity index is 2.30. The third-order valence-electron chi connectivity index (χ3n) is 5.32. The highest BCUT2D eigenvalue weighted by molar-refractivity contribution is 9.10. The number of aliphatic hydroxyl groups is 1. The Morgan fingerprint density at radius 3 is 2.61 bits per heavy atom. The molecule has 128 valence electrons. The van der Waals surface area contributed by atoms with E-state index in [0.29, 0.717) is 29.6 Å². The van der Waals surface area contributed by atoms with E-state index in [0.717, 1.165) is 12.8 Å². The fourth-order valence-electron chi connectivity index (χ4n) is 4.26. The Morgan fingerprint density at radius 2 is 2.00 bits per heavy atom. The van der Waals surface area contributed by atoms with Crippen LogP contribution in [0.4, 0.5) is 0 Å². The summed E-state index contributed by atoms with van der Waals surface area (Å²) in [4.78, 5) is 12.4. The lowest BCUT2D eigenvalue weighted by Crippen LogP contribution is -2.66. The lowest BCUT2D eigenvalue weighted by molar-refractivity contribution is -0.261. The summed E-state index contributed by atoms with van der Waals surface area (Å²) in [6, 6.07) is 0. The van der Waals surface area contributed by atoms with E-state index in [1.807, 2.05) is 4.57 Å². The second-order valence-electron chi connectivity index (χ2n) is 6.30. The minimum absolute atomic E-state index is 0.228. The predicted molar refractivity (Wildman–Crippen MR) is 87.9 cm³/mol. The first-order valence-electron chi connectivity index (χ1n) is 7.71. The second-order valence-corrected chi connectivity index (χ2v) is 7.15. The van der Waals surface area contributed by atoms with Crippen molar-refractivity contribution in [1.29, 1.82) is 0 Å². The Bertz CT molecular complexity index is 675. The summed E-state index contributed by atoms with van der Waals surface area (Å²) < 4.78 is 19.2. The fourth-order valence-corrected chi connectivity index (χ4v) is 4.69. The molecule has 3 atom stereocenters. The standard InChI is InChI=1S/C16H22BrNO5/c1-21-13-11-14(22-2)16(23-3)7-5-4-6-15(16,20)9-18(11)8-10(17)12(13)19/h8,14,20H,4-7,9H2,1-3H3. The first-order valence-corrected chi connectivity index (χ1v) is 8.50. The molecular weight excluding hydrogens is 366 g/mol. The Kier molecular flexibility index (Phi) is 4.33. The smallest absolute Gasteiger partial charge is 0.237 e. The van der Waals surface area contributed by atoms with Crippen molar-refractivity contribution in [3.8, 4) is 5.75 Å². The molecule has 1 aromatic heterocycles. The zero-order chi connectivity index (χ0) is 16.8. The van der Waals surface area contributed by atoms with Gasteiger partial charge in [-0.15, -0.1) is 0 Å². The highest BCUT2D eigenvalue weighted by Crippen LogP contribution is 2.53. The zero-order valence-corrected chi connectivity index (χ0v) is 15.2. The van der Waals surface area contributed by atoms with Gasteiger partial charge in [-0.2, -0.15) is 0 Å². The molecule has 1 saturated carbocycles. The molecule has 2 heterocycles. The van der Waals surface area contributed by atoms with E-state index in [1.165, 1.54) is 7.11 Å². The minimum atomic E-state index is -1.05. The molecule has 1 aliphatic carbocycles. The van der Waals surface area contributed by atoms with Crippen molar-refractivity contribution in [2.75, 3.05) is 21.3 Å². The molecule has 0 aromatic carbocycles. The lowest BCUT2D eigenvalue weighted by Gasteiger charge is -2.56. The summed E-state index contributed by atoms with van der Waals surface area (Å²) in [6.07, 6.45) is 4.30. The molecule has 7 heteroatoms. The lowest BCUT2D eigenvalue weighted by atomic mass is 9.65. The van der Waals surface area contributed by atoms with Crippen molar-refractivity contribution in [2.24, 2.45) is 0 Å². The first-order chi connectivity index (χ1) is 10.9. The normalized spacial score (nSPS) is 33.0. The predicted octanol–water partition coefficient (Wildman–Crippen LogP) is 2.01. The molecule has 0 bridgehead atoms. The first kappa shape index (κ1) is 17.0. The van der Waals surface area contributed by atoms with Gasteiger partial charge >= 0.3 is 0 Å². The van der Waals surface area contributed by atoms with Gasteiger partial charge in [0.25, 0.3) is 0 Å². The van der Waals surface area contributed by atoms with Gasteiger partial charge in [-0.25, -0.2) is 0 Å². The van der Waals surface area contributed by atoms with Crippen LogP contribution < -0.4 is 10.2 Å². The van der Waals surface area contributed by atoms with Gasteiger partial charge in [-0.05, 0) is 28.8 Å². The van der Waals surface area contributed by atoms with Crippen LogP contribution >= 0.6 is 15.9 Å². The van der Waals surface area contributed by atoms with E-state index in [9.17, 15) is 9.90 Å². The van der Waals surface area contributed by atoms with Crippen LogP contribution in [0.15, 0.2) is 15.5 Å². The van der Waals surface area contributed by atoms with Gasteiger partial charge in [0.05, 0.1) is 23.8 Å². The Hall–Kier alpha value is -0.890. The monoisotopic (exact) mass is 387 g/mol. The molecule has 1 N–H and O–H groups in total. The van der Waals surface area contributed by atoms with E-state index in [-0.39, 0.29) is 11.2 Å². The van der Waals surface area contributed by atoms with Gasteiger partial charge in [0, 0.05) is 20.4 Å². The maximum atomic E-state index is 12.4. The summed E-state index contributed by atoms with van der Waals surface area (Å²) in [5.41, 5.74) is -1.54. The molecule has 1 aromatic rings. The van der Waals surface area contributed by atoms with Crippen molar-refractivity contribution in [2.45, 2.75) is 49.5 Å². The third-order valence-corrected chi connectivity index (χ3v) is 5.88. The number of methoxy groups -OCH3 is 3. The highest BCUT2D eigenvalue weighted by Gasteiger charge is 2.61. The Labute approximate surface area is 143 Å². The molecule has 1 fully saturated rings. The summed E-state index contributed by atoms with van der Waals surface area (Å²) >= 11 is 3.28. The minimum Gasteiger partial charge on any atom is -0.491 e. The van der Waals surface area contributed by atoms with E-state index in [4.69, 9.17) is 14.2 Å². The van der Waals surface area contributed by atoms with Crippen LogP contribution in [0.2, 0.25) is 0 Å². The summed E-state index contributed by atoms with van der Waals surface area (Å²) in [5, 5.41) is 11.4. The summed E-state index contributed by atoms with van der Waals surface area (Å²) in [5.74, 6) is 0.232. The maximum absolute atomic E-state index is 12.4. The van der Waals surface area contributed by atoms with Crippen LogP contribution in [0.1, 0.15) is 37.5 Å². The van der Waals surface area contributed by atoms with E-state index >= 15 is 0 Å². The molecule has 1 aliphatic heterocycles. The molecule has 0 spiro atoms. The zero-order valence-electron chi connectivity index (χ0n) is 13.6. The second kappa shape index (κ2) is 5.88. The molecule has 2 aliphatic rings. The number of nitrogens with zero attached hydrogens (tertiary/aromatic N) is 1. The van der Waals surface area contributed by atoms with Crippen LogP contribution in [-0.2, 0) is 16.0 Å². The average Bonchev–Trinajstić information content (AvgIpc) is 2.54. The van der Waals surface area contributed by atoms with Gasteiger partial charge in [0.1, 0.15) is 17.3 Å². The number of hydrogen-bond donors (Lipinski definition) is 1. The van der Waals surface area contributed by atoms with Crippen molar-refractivity contribution in [1.82, 2.24) is 4.57 Å². The van der Waals surface area contributed by atoms with E-state index in [2.05, 4.69) is 15.9 Å². The molecular formula is C16H22BrNO5. The summed E-state index contributed by atoms with van der Waals surface area (Å²) in [6.45, 7) is 0.339. The van der Waals surface area contributed by atoms with Crippen LogP contribution in [0.3, 0.4) is 0 Å². The van der Waals surface area contributed by atoms with Gasteiger partial charge in [-0.3, -0.25) is 4.79 Å². The van der Waals surface area contributed by atoms with E-state index < -0.39 is 17.3 Å². The molecule has 6 nitrogen and oxygen atoms in total. The van der Waals surface area contributed by atoms with Crippen molar-refractivity contribution < 1.29 is 19.3 Å². The number of rotatable bonds is 3. The molecule has 3 unspecified atom stereocenters. The quantitative estimate of drug-likeness (QED) is 0.858. The number of hydrogen-bond acceptors (Lipinski definition) is 5. The number of fused-ring (bicyclic) bond motifs is 2. The van der Waals surface area contributed by atoms with Crippen LogP contribution in [0, 0.1) is 0 Å². The Morgan fingerprint density at radius 1 is 1.30 bits per heavy atom. The largest absolute Gasteiger partial charge is 0.491 e. The number of halogens is 1. The van der Waals surface area contributed by atoms with Crippen molar-refractivity contribution in [3.05, 3.63) is 26.6 Å². The number of aromatic nitrogens is 1. The SMILES string of the molecule is COc1c2n(cc(Br)c1=O)CC1(O)CCCCC1(OC)C2OC. The number of pyridine rings is 1. The fraction of sp³-hybridized carbons (Fsp3) is 0.688.